The molecule has 6 heterocycles. The second-order valence-electron chi connectivity index (χ2n) is 8.58. The van der Waals surface area contributed by atoms with E-state index in [9.17, 15) is 4.79 Å². The first-order valence-electron chi connectivity index (χ1n) is 11.3. The monoisotopic (exact) mass is 491 g/mol. The van der Waals surface area contributed by atoms with Crippen molar-refractivity contribution in [2.45, 2.75) is 0 Å². The summed E-state index contributed by atoms with van der Waals surface area (Å²) < 4.78 is 1.48. The van der Waals surface area contributed by atoms with Crippen LogP contribution in [0, 0.1) is 0 Å². The van der Waals surface area contributed by atoms with E-state index in [4.69, 9.17) is 10.8 Å². The van der Waals surface area contributed by atoms with E-state index in [2.05, 4.69) is 35.5 Å². The summed E-state index contributed by atoms with van der Waals surface area (Å²) in [5.41, 5.74) is 6.42. The van der Waals surface area contributed by atoms with Crippen molar-refractivity contribution < 1.29 is 4.79 Å². The zero-order chi connectivity index (χ0) is 25.5. The molecule has 0 saturated carbocycles. The van der Waals surface area contributed by atoms with Gasteiger partial charge >= 0.3 is 6.03 Å². The average molecular weight is 492 g/mol. The van der Waals surface area contributed by atoms with Crippen molar-refractivity contribution in [1.29, 1.82) is 0 Å². The molecular formula is C25H21N11O. The van der Waals surface area contributed by atoms with Crippen molar-refractivity contribution in [3.8, 4) is 33.8 Å². The minimum absolute atomic E-state index is 0.243. The molecule has 182 valence electrons. The van der Waals surface area contributed by atoms with Crippen LogP contribution in [0.3, 0.4) is 0 Å². The fraction of sp³-hybridized carbons (Fsp3) is 0.0800. The molecular weight excluding hydrogens is 470 g/mol. The van der Waals surface area contributed by atoms with Gasteiger partial charge in [0.1, 0.15) is 16.7 Å². The molecule has 0 radical (unpaired) electrons. The highest BCUT2D eigenvalue weighted by atomic mass is 16.2. The molecule has 0 atom stereocenters. The number of nitrogens with two attached hydrogens (primary N) is 1. The third-order valence-electron chi connectivity index (χ3n) is 5.95. The van der Waals surface area contributed by atoms with Gasteiger partial charge in [-0.2, -0.15) is 5.10 Å². The molecule has 6 aromatic heterocycles. The number of carbonyl (C=O) groups is 1. The zero-order valence-corrected chi connectivity index (χ0v) is 19.9. The number of H-pyrrole nitrogens is 1. The van der Waals surface area contributed by atoms with Crippen LogP contribution in [0.1, 0.15) is 0 Å². The number of anilines is 1. The first kappa shape index (κ1) is 22.1. The summed E-state index contributed by atoms with van der Waals surface area (Å²) in [5.74, 6) is 6.95. The summed E-state index contributed by atoms with van der Waals surface area (Å²) >= 11 is 0. The molecule has 4 N–H and O–H groups in total. The Labute approximate surface area is 210 Å². The Kier molecular flexibility index (Phi) is 5.18. The van der Waals surface area contributed by atoms with Gasteiger partial charge < -0.3 is 16.1 Å². The van der Waals surface area contributed by atoms with Gasteiger partial charge in [-0.1, -0.05) is 0 Å². The van der Waals surface area contributed by atoms with Crippen molar-refractivity contribution in [2.24, 2.45) is 0 Å². The maximum atomic E-state index is 12.1. The van der Waals surface area contributed by atoms with E-state index in [0.29, 0.717) is 33.9 Å². The smallest absolute Gasteiger partial charge is 0.321 e. The first-order chi connectivity index (χ1) is 18.0. The molecule has 0 bridgehead atoms. The molecule has 12 nitrogen and oxygen atoms in total. The number of rotatable bonds is 4. The number of aromatic amines is 1. The maximum absolute atomic E-state index is 12.1. The molecule has 0 fully saturated rings. The number of carbonyl (C=O) groups excluding carboxylic acids is 1. The van der Waals surface area contributed by atoms with Crippen molar-refractivity contribution in [2.75, 3.05) is 25.3 Å². The largest absolute Gasteiger partial charge is 0.337 e. The number of hydrogen-bond acceptors (Lipinski definition) is 8. The first-order valence-corrected chi connectivity index (χ1v) is 11.3. The van der Waals surface area contributed by atoms with E-state index in [1.54, 1.807) is 57.5 Å². The van der Waals surface area contributed by atoms with Crippen molar-refractivity contribution >= 4 is 33.8 Å². The van der Waals surface area contributed by atoms with Crippen molar-refractivity contribution in [3.05, 3.63) is 67.6 Å². The lowest BCUT2D eigenvalue weighted by Gasteiger charge is -2.12. The zero-order valence-electron chi connectivity index (χ0n) is 19.9. The molecule has 0 aliphatic heterocycles. The highest BCUT2D eigenvalue weighted by Crippen LogP contribution is 2.33. The number of nitrogens with zero attached hydrogens (tertiary/aromatic N) is 8. The van der Waals surface area contributed by atoms with Gasteiger partial charge in [0, 0.05) is 61.8 Å². The molecule has 2 amide bonds. The van der Waals surface area contributed by atoms with Gasteiger partial charge in [-0.3, -0.25) is 20.1 Å². The molecule has 0 aliphatic rings. The predicted octanol–water partition coefficient (Wildman–Crippen LogP) is 3.30. The number of nitrogen functional groups attached to an aromatic ring is 1. The van der Waals surface area contributed by atoms with Crippen LogP contribution in [0.5, 0.6) is 0 Å². The van der Waals surface area contributed by atoms with Crippen LogP contribution in [0.15, 0.2) is 67.6 Å². The Bertz CT molecular complexity index is 1770. The Morgan fingerprint density at radius 1 is 0.973 bits per heavy atom. The fourth-order valence-corrected chi connectivity index (χ4v) is 4.05. The van der Waals surface area contributed by atoms with Crippen LogP contribution in [0.2, 0.25) is 0 Å². The highest BCUT2D eigenvalue weighted by molar-refractivity contribution is 5.97. The quantitative estimate of drug-likeness (QED) is 0.317. The van der Waals surface area contributed by atoms with E-state index >= 15 is 0 Å². The lowest BCUT2D eigenvalue weighted by atomic mass is 10.1. The minimum atomic E-state index is -0.243. The molecule has 0 aromatic carbocycles. The van der Waals surface area contributed by atoms with Gasteiger partial charge in [0.15, 0.2) is 11.5 Å². The summed E-state index contributed by atoms with van der Waals surface area (Å²) in [5, 5.41) is 11.0. The summed E-state index contributed by atoms with van der Waals surface area (Å²) in [6.45, 7) is 0. The molecule has 0 spiro atoms. The second-order valence-corrected chi connectivity index (χ2v) is 8.58. The van der Waals surface area contributed by atoms with Crippen LogP contribution in [0.25, 0.3) is 55.8 Å². The van der Waals surface area contributed by atoms with Crippen LogP contribution in [-0.4, -0.2) is 64.8 Å². The highest BCUT2D eigenvalue weighted by Gasteiger charge is 2.20. The lowest BCUT2D eigenvalue weighted by molar-refractivity contribution is 0.230. The molecule has 0 saturated heterocycles. The predicted molar refractivity (Wildman–Crippen MR) is 140 cm³/mol. The third kappa shape index (κ3) is 3.86. The van der Waals surface area contributed by atoms with E-state index in [1.807, 2.05) is 24.3 Å². The topological polar surface area (TPSA) is 156 Å². The Morgan fingerprint density at radius 2 is 1.76 bits per heavy atom. The Morgan fingerprint density at radius 3 is 2.57 bits per heavy atom. The number of hydrogen-bond donors (Lipinski definition) is 3. The average Bonchev–Trinajstić information content (AvgIpc) is 3.49. The number of nitrogens with one attached hydrogen (secondary N) is 2. The van der Waals surface area contributed by atoms with Gasteiger partial charge in [-0.05, 0) is 29.8 Å². The van der Waals surface area contributed by atoms with E-state index < -0.39 is 0 Å². The summed E-state index contributed by atoms with van der Waals surface area (Å²) in [6.07, 6.45) is 11.9. The summed E-state index contributed by atoms with van der Waals surface area (Å²) in [4.78, 5) is 35.6. The van der Waals surface area contributed by atoms with Crippen molar-refractivity contribution in [1.82, 2.24) is 44.7 Å². The van der Waals surface area contributed by atoms with Gasteiger partial charge in [-0.25, -0.2) is 19.4 Å². The van der Waals surface area contributed by atoms with Crippen LogP contribution < -0.4 is 11.2 Å². The third-order valence-corrected chi connectivity index (χ3v) is 5.95. The Balaban J connectivity index is 1.45. The molecule has 0 unspecified atom stereocenters. The second kappa shape index (κ2) is 8.68. The number of aromatic nitrogens is 8. The standard InChI is InChI=1S/C25H21N11O/c1-35(2)25(37)31-17-7-15(9-28-11-17)16-8-18-22(33-34-23(18)30-10-16)24-32-21-19(14-3-5-27-6-4-14)12-29-13-20(21)36(24)26/h3-13H,26H2,1-2H3,(H,31,37)(H,30,33,34). The number of fused-ring (bicyclic) bond motifs is 2. The number of pyridine rings is 4. The van der Waals surface area contributed by atoms with Crippen LogP contribution >= 0.6 is 0 Å². The van der Waals surface area contributed by atoms with Gasteiger partial charge in [0.2, 0.25) is 0 Å². The van der Waals surface area contributed by atoms with E-state index in [0.717, 1.165) is 27.6 Å². The normalized spacial score (nSPS) is 11.2. The van der Waals surface area contributed by atoms with E-state index in [1.165, 1.54) is 9.58 Å². The van der Waals surface area contributed by atoms with Gasteiger partial charge in [-0.15, -0.1) is 0 Å². The lowest BCUT2D eigenvalue weighted by Crippen LogP contribution is -2.27. The SMILES string of the molecule is CN(C)C(=O)Nc1cncc(-c2cnc3[nH]nc(-c4nc5c(-c6ccncc6)cncc5n4N)c3c2)c1. The molecule has 6 aromatic rings. The Hall–Kier alpha value is -5.39. The van der Waals surface area contributed by atoms with Crippen molar-refractivity contribution in [3.63, 3.8) is 0 Å². The molecule has 37 heavy (non-hydrogen) atoms. The fourth-order valence-electron chi connectivity index (χ4n) is 4.05. The van der Waals surface area contributed by atoms with Crippen LogP contribution in [0.4, 0.5) is 10.5 Å². The molecule has 0 aliphatic carbocycles. The number of imidazole rings is 1. The maximum Gasteiger partial charge on any atom is 0.321 e. The minimum Gasteiger partial charge on any atom is -0.337 e. The van der Waals surface area contributed by atoms with Crippen LogP contribution in [-0.2, 0) is 0 Å². The number of amides is 2. The summed E-state index contributed by atoms with van der Waals surface area (Å²) in [6, 6.07) is 7.33. The summed E-state index contributed by atoms with van der Waals surface area (Å²) in [7, 11) is 3.34. The molecule has 12 heteroatoms. The van der Waals surface area contributed by atoms with Gasteiger partial charge in [0.25, 0.3) is 0 Å². The molecule has 6 rings (SSSR count). The van der Waals surface area contributed by atoms with Gasteiger partial charge in [0.05, 0.1) is 23.5 Å². The number of urea groups is 1. The van der Waals surface area contributed by atoms with E-state index in [-0.39, 0.29) is 6.03 Å².